The number of anilines is 1. The van der Waals surface area contributed by atoms with Gasteiger partial charge in [0.2, 0.25) is 0 Å². The summed E-state index contributed by atoms with van der Waals surface area (Å²) in [6.07, 6.45) is 0. The number of imide groups is 1. The second-order valence-corrected chi connectivity index (χ2v) is 8.63. The average Bonchev–Trinajstić information content (AvgIpc) is 3.07. The van der Waals surface area contributed by atoms with Gasteiger partial charge in [0, 0.05) is 22.8 Å². The van der Waals surface area contributed by atoms with Crippen LogP contribution in [-0.4, -0.2) is 28.6 Å². The molecular formula is C26H18Cl2N3O5-. The van der Waals surface area contributed by atoms with Crippen LogP contribution in [0.4, 0.5) is 5.69 Å². The molecular weight excluding hydrogens is 505 g/mol. The summed E-state index contributed by atoms with van der Waals surface area (Å²) in [4.78, 5) is 49.7. The normalized spacial score (nSPS) is 13.2. The number of nitrogens with one attached hydrogen (secondary N) is 2. The highest BCUT2D eigenvalue weighted by atomic mass is 35.5. The Morgan fingerprint density at radius 3 is 2.11 bits per heavy atom. The minimum Gasteiger partial charge on any atom is -0.545 e. The van der Waals surface area contributed by atoms with Crippen molar-refractivity contribution in [1.29, 1.82) is 0 Å². The summed E-state index contributed by atoms with van der Waals surface area (Å²) in [5.74, 6) is -2.84. The maximum absolute atomic E-state index is 12.8. The molecule has 3 aromatic carbocycles. The van der Waals surface area contributed by atoms with Crippen LogP contribution >= 0.6 is 23.2 Å². The molecule has 0 atom stereocenters. The van der Waals surface area contributed by atoms with Gasteiger partial charge in [0.15, 0.2) is 0 Å². The second kappa shape index (κ2) is 10.6. The summed E-state index contributed by atoms with van der Waals surface area (Å²) in [6.45, 7) is 0.190. The molecule has 1 aliphatic rings. The minimum atomic E-state index is -1.30. The van der Waals surface area contributed by atoms with Crippen LogP contribution in [0.3, 0.4) is 0 Å². The molecule has 3 aromatic rings. The highest BCUT2D eigenvalue weighted by molar-refractivity contribution is 6.47. The van der Waals surface area contributed by atoms with Gasteiger partial charge < -0.3 is 20.5 Å². The van der Waals surface area contributed by atoms with Gasteiger partial charge in [-0.05, 0) is 47.0 Å². The predicted octanol–water partition coefficient (Wildman–Crippen LogP) is 3.06. The summed E-state index contributed by atoms with van der Waals surface area (Å²) >= 11 is 12.3. The number of rotatable bonds is 8. The number of hydrogen-bond acceptors (Lipinski definition) is 6. The Hall–Kier alpha value is -4.14. The van der Waals surface area contributed by atoms with Crippen LogP contribution < -0.4 is 15.7 Å². The molecule has 36 heavy (non-hydrogen) atoms. The first-order chi connectivity index (χ1) is 17.2. The molecule has 0 aliphatic carbocycles. The van der Waals surface area contributed by atoms with E-state index in [-0.39, 0.29) is 35.3 Å². The third-order valence-electron chi connectivity index (χ3n) is 5.46. The van der Waals surface area contributed by atoms with Gasteiger partial charge in [-0.3, -0.25) is 19.3 Å². The van der Waals surface area contributed by atoms with Gasteiger partial charge in [-0.15, -0.1) is 0 Å². The van der Waals surface area contributed by atoms with Crippen molar-refractivity contribution < 1.29 is 24.3 Å². The quantitative estimate of drug-likeness (QED) is 0.439. The Labute approximate surface area is 216 Å². The van der Waals surface area contributed by atoms with E-state index in [2.05, 4.69) is 10.6 Å². The first kappa shape index (κ1) is 25.0. The summed E-state index contributed by atoms with van der Waals surface area (Å²) in [5, 5.41) is 16.6. The summed E-state index contributed by atoms with van der Waals surface area (Å²) in [5.41, 5.74) is 2.17. The van der Waals surface area contributed by atoms with Crippen molar-refractivity contribution in [1.82, 2.24) is 10.2 Å². The number of carbonyl (C=O) groups is 4. The van der Waals surface area contributed by atoms with E-state index >= 15 is 0 Å². The van der Waals surface area contributed by atoms with E-state index in [9.17, 15) is 24.3 Å². The Morgan fingerprint density at radius 2 is 1.47 bits per heavy atom. The average molecular weight is 523 g/mol. The first-order valence-electron chi connectivity index (χ1n) is 10.7. The Kier molecular flexibility index (Phi) is 7.38. The first-order valence-corrected chi connectivity index (χ1v) is 11.4. The summed E-state index contributed by atoms with van der Waals surface area (Å²) in [7, 11) is 0. The number of hydrogen-bond donors (Lipinski definition) is 2. The molecule has 1 aliphatic heterocycles. The van der Waals surface area contributed by atoms with Crippen molar-refractivity contribution in [2.24, 2.45) is 0 Å². The zero-order valence-corrected chi connectivity index (χ0v) is 20.1. The lowest BCUT2D eigenvalue weighted by molar-refractivity contribution is -0.255. The van der Waals surface area contributed by atoms with Gasteiger partial charge >= 0.3 is 0 Å². The van der Waals surface area contributed by atoms with Crippen LogP contribution in [0.15, 0.2) is 83.5 Å². The second-order valence-electron chi connectivity index (χ2n) is 7.85. The van der Waals surface area contributed by atoms with Crippen molar-refractivity contribution >= 4 is 52.6 Å². The van der Waals surface area contributed by atoms with E-state index in [0.717, 1.165) is 10.5 Å². The standard InChI is InChI=1S/C26H19Cl2N3O5/c27-20-4-2-1-3-18(20)14-31-24(33)21(28)22(25(31)34)29-13-15-5-7-16(8-6-15)23(32)30-19-11-9-17(10-12-19)26(35)36/h1-12,29H,13-14H2,(H,30,32)(H,35,36)/p-1. The lowest BCUT2D eigenvalue weighted by atomic mass is 10.1. The molecule has 0 radical (unpaired) electrons. The van der Waals surface area contributed by atoms with Gasteiger partial charge in [0.25, 0.3) is 17.7 Å². The molecule has 0 bridgehead atoms. The smallest absolute Gasteiger partial charge is 0.278 e. The molecule has 10 heteroatoms. The van der Waals surface area contributed by atoms with E-state index in [0.29, 0.717) is 21.8 Å². The molecule has 0 unspecified atom stereocenters. The number of benzene rings is 3. The van der Waals surface area contributed by atoms with Crippen LogP contribution in [0.2, 0.25) is 5.02 Å². The number of amides is 3. The van der Waals surface area contributed by atoms with Crippen molar-refractivity contribution in [2.45, 2.75) is 13.1 Å². The van der Waals surface area contributed by atoms with Gasteiger partial charge in [0.1, 0.15) is 10.7 Å². The van der Waals surface area contributed by atoms with Crippen LogP contribution in [0.5, 0.6) is 0 Å². The molecule has 4 rings (SSSR count). The largest absolute Gasteiger partial charge is 0.545 e. The van der Waals surface area contributed by atoms with Gasteiger partial charge in [0.05, 0.1) is 12.5 Å². The molecule has 0 saturated carbocycles. The Morgan fingerprint density at radius 1 is 0.833 bits per heavy atom. The maximum atomic E-state index is 12.8. The zero-order chi connectivity index (χ0) is 25.8. The van der Waals surface area contributed by atoms with E-state index in [1.54, 1.807) is 48.5 Å². The number of nitrogens with zero attached hydrogens (tertiary/aromatic N) is 1. The zero-order valence-electron chi connectivity index (χ0n) is 18.6. The fourth-order valence-electron chi connectivity index (χ4n) is 3.50. The van der Waals surface area contributed by atoms with E-state index in [1.165, 1.54) is 24.3 Å². The Bertz CT molecular complexity index is 1390. The Balaban J connectivity index is 1.36. The van der Waals surface area contributed by atoms with Crippen LogP contribution in [0.25, 0.3) is 0 Å². The molecule has 0 spiro atoms. The van der Waals surface area contributed by atoms with Crippen molar-refractivity contribution in [3.63, 3.8) is 0 Å². The SMILES string of the molecule is O=C([O-])c1ccc(NC(=O)c2ccc(CNC3=C(Cl)C(=O)N(Cc4ccccc4Cl)C3=O)cc2)cc1. The molecule has 182 valence electrons. The van der Waals surface area contributed by atoms with Gasteiger partial charge in [-0.1, -0.05) is 65.7 Å². The van der Waals surface area contributed by atoms with Crippen LogP contribution in [0.1, 0.15) is 31.8 Å². The van der Waals surface area contributed by atoms with E-state index in [1.807, 2.05) is 0 Å². The van der Waals surface area contributed by atoms with E-state index in [4.69, 9.17) is 23.2 Å². The van der Waals surface area contributed by atoms with Crippen LogP contribution in [0, 0.1) is 0 Å². The van der Waals surface area contributed by atoms with Gasteiger partial charge in [-0.25, -0.2) is 0 Å². The molecule has 2 N–H and O–H groups in total. The molecule has 1 heterocycles. The van der Waals surface area contributed by atoms with Gasteiger partial charge in [-0.2, -0.15) is 0 Å². The molecule has 8 nitrogen and oxygen atoms in total. The highest BCUT2D eigenvalue weighted by Crippen LogP contribution is 2.26. The molecule has 3 amide bonds. The van der Waals surface area contributed by atoms with Crippen molar-refractivity contribution in [2.75, 3.05) is 5.32 Å². The lowest BCUT2D eigenvalue weighted by Gasteiger charge is -2.16. The lowest BCUT2D eigenvalue weighted by Crippen LogP contribution is -2.33. The van der Waals surface area contributed by atoms with Crippen molar-refractivity contribution in [3.05, 3.63) is 111 Å². The minimum absolute atomic E-state index is 0.00152. The van der Waals surface area contributed by atoms with Crippen molar-refractivity contribution in [3.8, 4) is 0 Å². The highest BCUT2D eigenvalue weighted by Gasteiger charge is 2.37. The number of aromatic carboxylic acids is 1. The number of halogens is 2. The van der Waals surface area contributed by atoms with E-state index < -0.39 is 17.8 Å². The topological polar surface area (TPSA) is 119 Å². The third kappa shape index (κ3) is 5.40. The summed E-state index contributed by atoms with van der Waals surface area (Å²) < 4.78 is 0. The number of carboxylic acids is 1. The fraction of sp³-hybridized carbons (Fsp3) is 0.0769. The monoisotopic (exact) mass is 522 g/mol. The number of carboxylic acid groups (broad SMARTS) is 1. The molecule has 0 aromatic heterocycles. The van der Waals surface area contributed by atoms with Crippen LogP contribution in [-0.2, 0) is 22.7 Å². The maximum Gasteiger partial charge on any atom is 0.278 e. The molecule has 0 fully saturated rings. The predicted molar refractivity (Wildman–Crippen MR) is 132 cm³/mol. The molecule has 0 saturated heterocycles. The number of carbonyl (C=O) groups excluding carboxylic acids is 4. The third-order valence-corrected chi connectivity index (χ3v) is 6.18. The summed E-state index contributed by atoms with van der Waals surface area (Å²) in [6, 6.07) is 19.1. The fourth-order valence-corrected chi connectivity index (χ4v) is 3.94.